The molecule has 0 aromatic carbocycles. The first-order valence-electron chi connectivity index (χ1n) is 8.23. The third kappa shape index (κ3) is 3.48. The van der Waals surface area contributed by atoms with Gasteiger partial charge in [0, 0.05) is 44.5 Å². The molecule has 0 aliphatic rings. The summed E-state index contributed by atoms with van der Waals surface area (Å²) in [5.74, 6) is 0.0708. The van der Waals surface area contributed by atoms with Gasteiger partial charge in [-0.05, 0) is 38.0 Å². The van der Waals surface area contributed by atoms with Gasteiger partial charge in [0.05, 0.1) is 11.4 Å². The van der Waals surface area contributed by atoms with Gasteiger partial charge in [-0.2, -0.15) is 5.10 Å². The van der Waals surface area contributed by atoms with Crippen LogP contribution in [0.5, 0.6) is 0 Å². The van der Waals surface area contributed by atoms with E-state index in [9.17, 15) is 4.79 Å². The summed E-state index contributed by atoms with van der Waals surface area (Å²) in [4.78, 5) is 16.6. The molecule has 0 saturated heterocycles. The van der Waals surface area contributed by atoms with E-state index in [1.807, 2.05) is 60.6 Å². The topological polar surface area (TPSA) is 64.2 Å². The molecule has 3 aromatic rings. The summed E-state index contributed by atoms with van der Waals surface area (Å²) in [5.41, 5.74) is 5.23. The Labute approximate surface area is 141 Å². The number of aromatic nitrogens is 4. The van der Waals surface area contributed by atoms with Crippen molar-refractivity contribution in [3.05, 3.63) is 53.2 Å². The van der Waals surface area contributed by atoms with Crippen molar-refractivity contribution in [2.24, 2.45) is 7.05 Å². The van der Waals surface area contributed by atoms with Gasteiger partial charge >= 0.3 is 0 Å². The second-order valence-electron chi connectivity index (χ2n) is 6.07. The van der Waals surface area contributed by atoms with Crippen LogP contribution in [0.1, 0.15) is 29.1 Å². The molecule has 0 atom stereocenters. The summed E-state index contributed by atoms with van der Waals surface area (Å²) < 4.78 is 3.86. The Balaban J connectivity index is 1.47. The molecule has 0 aliphatic heterocycles. The summed E-state index contributed by atoms with van der Waals surface area (Å²) in [6.45, 7) is 4.63. The first-order valence-corrected chi connectivity index (χ1v) is 8.23. The number of carbonyl (C=O) groups is 1. The average Bonchev–Trinajstić information content (AvgIpc) is 3.07. The van der Waals surface area contributed by atoms with E-state index in [0.717, 1.165) is 35.6 Å². The molecule has 1 N–H and O–H groups in total. The number of pyridine rings is 1. The number of nitrogens with one attached hydrogen (secondary N) is 1. The monoisotopic (exact) mass is 325 g/mol. The fourth-order valence-corrected chi connectivity index (χ4v) is 2.94. The maximum Gasteiger partial charge on any atom is 0.220 e. The van der Waals surface area contributed by atoms with E-state index >= 15 is 0 Å². The van der Waals surface area contributed by atoms with E-state index in [1.54, 1.807) is 0 Å². The zero-order chi connectivity index (χ0) is 17.1. The summed E-state index contributed by atoms with van der Waals surface area (Å²) in [6, 6.07) is 5.92. The normalized spacial score (nSPS) is 11.1. The van der Waals surface area contributed by atoms with E-state index in [4.69, 9.17) is 0 Å². The number of hydrogen-bond donors (Lipinski definition) is 1. The molecular formula is C18H23N5O. The van der Waals surface area contributed by atoms with Crippen molar-refractivity contribution in [3.8, 4) is 0 Å². The Morgan fingerprint density at radius 2 is 2.08 bits per heavy atom. The predicted molar refractivity (Wildman–Crippen MR) is 92.9 cm³/mol. The minimum Gasteiger partial charge on any atom is -0.356 e. The third-order valence-electron chi connectivity index (χ3n) is 4.38. The molecule has 3 rings (SSSR count). The number of imidazole rings is 1. The molecule has 24 heavy (non-hydrogen) atoms. The molecule has 0 fully saturated rings. The molecule has 0 saturated carbocycles. The van der Waals surface area contributed by atoms with Crippen LogP contribution in [-0.4, -0.2) is 31.6 Å². The first kappa shape index (κ1) is 16.2. The number of rotatable bonds is 6. The van der Waals surface area contributed by atoms with Gasteiger partial charge in [-0.1, -0.05) is 6.07 Å². The zero-order valence-electron chi connectivity index (χ0n) is 14.4. The maximum atomic E-state index is 12.0. The van der Waals surface area contributed by atoms with Crippen LogP contribution >= 0.6 is 0 Å². The lowest BCUT2D eigenvalue weighted by molar-refractivity contribution is -0.121. The largest absolute Gasteiger partial charge is 0.356 e. The van der Waals surface area contributed by atoms with Gasteiger partial charge in [0.15, 0.2) is 0 Å². The molecule has 1 amide bonds. The van der Waals surface area contributed by atoms with E-state index in [1.165, 1.54) is 5.56 Å². The SMILES string of the molecule is Cc1nn(C)c(C)c1CCC(=O)NCCc1cn2ccccc2n1. The van der Waals surface area contributed by atoms with Crippen molar-refractivity contribution >= 4 is 11.6 Å². The number of hydrogen-bond acceptors (Lipinski definition) is 3. The first-order chi connectivity index (χ1) is 11.5. The van der Waals surface area contributed by atoms with Crippen LogP contribution in [0.2, 0.25) is 0 Å². The molecule has 6 nitrogen and oxygen atoms in total. The number of nitrogens with zero attached hydrogens (tertiary/aromatic N) is 4. The van der Waals surface area contributed by atoms with Crippen LogP contribution < -0.4 is 5.32 Å². The van der Waals surface area contributed by atoms with Crippen LogP contribution in [0, 0.1) is 13.8 Å². The third-order valence-corrected chi connectivity index (χ3v) is 4.38. The number of aryl methyl sites for hydroxylation is 2. The van der Waals surface area contributed by atoms with Crippen molar-refractivity contribution in [3.63, 3.8) is 0 Å². The summed E-state index contributed by atoms with van der Waals surface area (Å²) in [5, 5.41) is 7.36. The molecule has 0 radical (unpaired) electrons. The van der Waals surface area contributed by atoms with Gasteiger partial charge < -0.3 is 9.72 Å². The smallest absolute Gasteiger partial charge is 0.220 e. The Hall–Kier alpha value is -2.63. The molecule has 0 aliphatic carbocycles. The van der Waals surface area contributed by atoms with Crippen LogP contribution in [0.25, 0.3) is 5.65 Å². The van der Waals surface area contributed by atoms with Gasteiger partial charge in [-0.15, -0.1) is 0 Å². The van der Waals surface area contributed by atoms with Crippen LogP contribution in [0.3, 0.4) is 0 Å². The highest BCUT2D eigenvalue weighted by Crippen LogP contribution is 2.13. The summed E-state index contributed by atoms with van der Waals surface area (Å²) in [7, 11) is 1.93. The lowest BCUT2D eigenvalue weighted by Gasteiger charge is -2.05. The highest BCUT2D eigenvalue weighted by Gasteiger charge is 2.11. The highest BCUT2D eigenvalue weighted by molar-refractivity contribution is 5.76. The van der Waals surface area contributed by atoms with Gasteiger partial charge in [-0.3, -0.25) is 9.48 Å². The minimum absolute atomic E-state index is 0.0708. The molecule has 126 valence electrons. The Morgan fingerprint density at radius 1 is 1.25 bits per heavy atom. The van der Waals surface area contributed by atoms with Gasteiger partial charge in [0.1, 0.15) is 5.65 Å². The van der Waals surface area contributed by atoms with Crippen LogP contribution in [-0.2, 0) is 24.7 Å². The van der Waals surface area contributed by atoms with Crippen molar-refractivity contribution in [2.45, 2.75) is 33.1 Å². The Morgan fingerprint density at radius 3 is 2.79 bits per heavy atom. The summed E-state index contributed by atoms with van der Waals surface area (Å²) in [6.07, 6.45) is 5.93. The van der Waals surface area contributed by atoms with E-state index < -0.39 is 0 Å². The van der Waals surface area contributed by atoms with Crippen LogP contribution in [0.4, 0.5) is 0 Å². The highest BCUT2D eigenvalue weighted by atomic mass is 16.1. The van der Waals surface area contributed by atoms with Crippen molar-refractivity contribution in [2.75, 3.05) is 6.54 Å². The summed E-state index contributed by atoms with van der Waals surface area (Å²) >= 11 is 0. The molecule has 6 heteroatoms. The standard InChI is InChI=1S/C18H23N5O/c1-13-16(14(2)22(3)21-13)7-8-18(24)19-10-9-15-12-23-11-5-4-6-17(23)20-15/h4-6,11-12H,7-10H2,1-3H3,(H,19,24). The Bertz CT molecular complexity index is 829. The molecule has 0 bridgehead atoms. The molecule has 0 spiro atoms. The molecular weight excluding hydrogens is 302 g/mol. The molecule has 3 aromatic heterocycles. The second kappa shape index (κ2) is 6.86. The van der Waals surface area contributed by atoms with Gasteiger partial charge in [0.25, 0.3) is 0 Å². The number of amides is 1. The number of carbonyl (C=O) groups excluding carboxylic acids is 1. The van der Waals surface area contributed by atoms with Crippen molar-refractivity contribution in [1.82, 2.24) is 24.5 Å². The average molecular weight is 325 g/mol. The van der Waals surface area contributed by atoms with Crippen molar-refractivity contribution in [1.29, 1.82) is 0 Å². The van der Waals surface area contributed by atoms with E-state index in [2.05, 4.69) is 15.4 Å². The molecule has 3 heterocycles. The predicted octanol–water partition coefficient (Wildman–Crippen LogP) is 1.98. The maximum absolute atomic E-state index is 12.0. The van der Waals surface area contributed by atoms with E-state index in [-0.39, 0.29) is 5.91 Å². The lowest BCUT2D eigenvalue weighted by Crippen LogP contribution is -2.26. The Kier molecular flexibility index (Phi) is 4.64. The fraction of sp³-hybridized carbons (Fsp3) is 0.389. The van der Waals surface area contributed by atoms with E-state index in [0.29, 0.717) is 13.0 Å². The van der Waals surface area contributed by atoms with Gasteiger partial charge in [-0.25, -0.2) is 4.98 Å². The minimum atomic E-state index is 0.0708. The fourth-order valence-electron chi connectivity index (χ4n) is 2.94. The number of fused-ring (bicyclic) bond motifs is 1. The van der Waals surface area contributed by atoms with Gasteiger partial charge in [0.2, 0.25) is 5.91 Å². The molecule has 0 unspecified atom stereocenters. The zero-order valence-corrected chi connectivity index (χ0v) is 14.4. The van der Waals surface area contributed by atoms with Crippen LogP contribution in [0.15, 0.2) is 30.6 Å². The quantitative estimate of drug-likeness (QED) is 0.754. The second-order valence-corrected chi connectivity index (χ2v) is 6.07. The van der Waals surface area contributed by atoms with Crippen molar-refractivity contribution < 1.29 is 4.79 Å². The lowest BCUT2D eigenvalue weighted by atomic mass is 10.1.